The number of aryl methyl sites for hydroxylation is 1. The van der Waals surface area contributed by atoms with Crippen LogP contribution in [0.15, 0.2) is 36.5 Å². The van der Waals surface area contributed by atoms with Gasteiger partial charge in [0.1, 0.15) is 11.6 Å². The number of aromatic nitrogens is 1. The summed E-state index contributed by atoms with van der Waals surface area (Å²) >= 11 is 0. The van der Waals surface area contributed by atoms with Crippen LogP contribution in [0.5, 0.6) is 5.75 Å². The molecule has 0 aliphatic heterocycles. The van der Waals surface area contributed by atoms with Crippen molar-refractivity contribution in [2.24, 2.45) is 0 Å². The Hall–Kier alpha value is -1.90. The van der Waals surface area contributed by atoms with Gasteiger partial charge in [0.25, 0.3) is 0 Å². The minimum Gasteiger partial charge on any atom is -0.507 e. The van der Waals surface area contributed by atoms with Gasteiger partial charge in [0, 0.05) is 23.0 Å². The molecule has 0 bridgehead atoms. The molecule has 0 amide bonds. The van der Waals surface area contributed by atoms with Crippen molar-refractivity contribution in [3.63, 3.8) is 0 Å². The van der Waals surface area contributed by atoms with E-state index < -0.39 is 0 Å². The highest BCUT2D eigenvalue weighted by Crippen LogP contribution is 2.28. The van der Waals surface area contributed by atoms with Crippen LogP contribution in [0.1, 0.15) is 5.69 Å². The second kappa shape index (κ2) is 3.69. The number of halogens is 1. The fourth-order valence-electron chi connectivity index (χ4n) is 1.37. The van der Waals surface area contributed by atoms with Crippen LogP contribution in [0, 0.1) is 12.7 Å². The fourth-order valence-corrected chi connectivity index (χ4v) is 1.37. The highest BCUT2D eigenvalue weighted by Gasteiger charge is 2.05. The van der Waals surface area contributed by atoms with Gasteiger partial charge in [0.05, 0.1) is 0 Å². The zero-order valence-electron chi connectivity index (χ0n) is 8.24. The maximum absolute atomic E-state index is 13.0. The average molecular weight is 203 g/mol. The Morgan fingerprint density at radius 3 is 2.67 bits per heavy atom. The van der Waals surface area contributed by atoms with Crippen LogP contribution in [-0.2, 0) is 0 Å². The van der Waals surface area contributed by atoms with Crippen molar-refractivity contribution in [1.29, 1.82) is 0 Å². The number of pyridine rings is 1. The molecule has 0 spiro atoms. The Kier molecular flexibility index (Phi) is 2.37. The highest BCUT2D eigenvalue weighted by atomic mass is 19.1. The van der Waals surface area contributed by atoms with Gasteiger partial charge in [0.15, 0.2) is 0 Å². The summed E-state index contributed by atoms with van der Waals surface area (Å²) in [5.41, 5.74) is 2.05. The molecule has 15 heavy (non-hydrogen) atoms. The summed E-state index contributed by atoms with van der Waals surface area (Å²) in [5.74, 6) is -0.314. The number of phenols is 1. The third-order valence-electron chi connectivity index (χ3n) is 2.18. The van der Waals surface area contributed by atoms with E-state index in [9.17, 15) is 9.50 Å². The summed E-state index contributed by atoms with van der Waals surface area (Å²) in [6.45, 7) is 1.87. The van der Waals surface area contributed by atoms with Crippen LogP contribution in [0.25, 0.3) is 11.1 Å². The molecule has 2 aromatic rings. The molecule has 0 radical (unpaired) electrons. The monoisotopic (exact) mass is 203 g/mol. The molecule has 76 valence electrons. The smallest absolute Gasteiger partial charge is 0.124 e. The number of phenolic OH excluding ortho intramolecular Hbond substituents is 1. The Morgan fingerprint density at radius 1 is 1.20 bits per heavy atom. The van der Waals surface area contributed by atoms with Gasteiger partial charge in [-0.2, -0.15) is 0 Å². The lowest BCUT2D eigenvalue weighted by molar-refractivity contribution is 0.475. The van der Waals surface area contributed by atoms with Crippen LogP contribution >= 0.6 is 0 Å². The molecule has 3 heteroatoms. The second-order valence-corrected chi connectivity index (χ2v) is 3.35. The van der Waals surface area contributed by atoms with Gasteiger partial charge in [-0.15, -0.1) is 0 Å². The number of hydrogen-bond donors (Lipinski definition) is 1. The van der Waals surface area contributed by atoms with Gasteiger partial charge in [-0.05, 0) is 31.2 Å². The minimum atomic E-state index is -0.372. The Bertz CT molecular complexity index is 479. The first kappa shape index (κ1) is 9.65. The summed E-state index contributed by atoms with van der Waals surface area (Å²) < 4.78 is 13.0. The largest absolute Gasteiger partial charge is 0.507 e. The molecule has 0 fully saturated rings. The van der Waals surface area contributed by atoms with E-state index >= 15 is 0 Å². The number of rotatable bonds is 1. The molecular formula is C12H10FNO. The first-order valence-corrected chi connectivity index (χ1v) is 4.58. The zero-order chi connectivity index (χ0) is 10.8. The SMILES string of the molecule is Cc1ccc(-c2cc(F)ccc2O)cn1. The number of aromatic hydroxyl groups is 1. The Balaban J connectivity index is 2.53. The van der Waals surface area contributed by atoms with E-state index in [1.165, 1.54) is 18.2 Å². The van der Waals surface area contributed by atoms with Gasteiger partial charge in [-0.1, -0.05) is 6.07 Å². The molecule has 0 saturated carbocycles. The van der Waals surface area contributed by atoms with E-state index in [0.29, 0.717) is 11.1 Å². The first-order chi connectivity index (χ1) is 7.16. The second-order valence-electron chi connectivity index (χ2n) is 3.35. The summed E-state index contributed by atoms with van der Waals surface area (Å²) in [5, 5.41) is 9.56. The van der Waals surface area contributed by atoms with Gasteiger partial charge in [0.2, 0.25) is 0 Å². The standard InChI is InChI=1S/C12H10FNO/c1-8-2-3-9(7-14-8)11-6-10(13)4-5-12(11)15/h2-7,15H,1H3. The quantitative estimate of drug-likeness (QED) is 0.773. The lowest BCUT2D eigenvalue weighted by atomic mass is 10.1. The average Bonchev–Trinajstić information content (AvgIpc) is 2.23. The van der Waals surface area contributed by atoms with Crippen molar-refractivity contribution in [1.82, 2.24) is 4.98 Å². The number of hydrogen-bond acceptors (Lipinski definition) is 2. The van der Waals surface area contributed by atoms with Crippen LogP contribution in [0.3, 0.4) is 0 Å². The molecule has 0 aliphatic carbocycles. The lowest BCUT2D eigenvalue weighted by Crippen LogP contribution is -1.85. The van der Waals surface area contributed by atoms with Gasteiger partial charge >= 0.3 is 0 Å². The molecule has 1 N–H and O–H groups in total. The predicted molar refractivity (Wildman–Crippen MR) is 56.0 cm³/mol. The van der Waals surface area contributed by atoms with Crippen LogP contribution in [0.4, 0.5) is 4.39 Å². The van der Waals surface area contributed by atoms with E-state index in [4.69, 9.17) is 0 Å². The normalized spacial score (nSPS) is 10.3. The topological polar surface area (TPSA) is 33.1 Å². The van der Waals surface area contributed by atoms with Crippen LogP contribution < -0.4 is 0 Å². The highest BCUT2D eigenvalue weighted by molar-refractivity contribution is 5.69. The first-order valence-electron chi connectivity index (χ1n) is 4.58. The molecule has 0 aliphatic rings. The Morgan fingerprint density at radius 2 is 2.00 bits per heavy atom. The number of benzene rings is 1. The van der Waals surface area contributed by atoms with Crippen LogP contribution in [-0.4, -0.2) is 10.1 Å². The van der Waals surface area contributed by atoms with E-state index in [0.717, 1.165) is 5.69 Å². The molecule has 1 aromatic carbocycles. The molecule has 1 aromatic heterocycles. The van der Waals surface area contributed by atoms with E-state index in [1.807, 2.05) is 13.0 Å². The lowest BCUT2D eigenvalue weighted by Gasteiger charge is -2.04. The van der Waals surface area contributed by atoms with Crippen molar-refractivity contribution in [3.8, 4) is 16.9 Å². The van der Waals surface area contributed by atoms with Crippen molar-refractivity contribution in [2.45, 2.75) is 6.92 Å². The van der Waals surface area contributed by atoms with E-state index in [-0.39, 0.29) is 11.6 Å². The Labute approximate surface area is 87.0 Å². The summed E-state index contributed by atoms with van der Waals surface area (Å²) in [6.07, 6.45) is 1.61. The molecular weight excluding hydrogens is 193 g/mol. The molecule has 2 nitrogen and oxygen atoms in total. The predicted octanol–water partition coefficient (Wildman–Crippen LogP) is 2.90. The minimum absolute atomic E-state index is 0.0575. The molecule has 0 atom stereocenters. The molecule has 1 heterocycles. The van der Waals surface area contributed by atoms with Gasteiger partial charge < -0.3 is 5.11 Å². The van der Waals surface area contributed by atoms with Crippen molar-refractivity contribution < 1.29 is 9.50 Å². The number of nitrogens with zero attached hydrogens (tertiary/aromatic N) is 1. The maximum atomic E-state index is 13.0. The van der Waals surface area contributed by atoms with E-state index in [2.05, 4.69) is 4.98 Å². The molecule has 0 saturated heterocycles. The van der Waals surface area contributed by atoms with Gasteiger partial charge in [-0.3, -0.25) is 4.98 Å². The van der Waals surface area contributed by atoms with Crippen molar-refractivity contribution >= 4 is 0 Å². The third-order valence-corrected chi connectivity index (χ3v) is 2.18. The van der Waals surface area contributed by atoms with Crippen molar-refractivity contribution in [2.75, 3.05) is 0 Å². The van der Waals surface area contributed by atoms with Crippen molar-refractivity contribution in [3.05, 3.63) is 48.0 Å². The molecule has 2 rings (SSSR count). The summed E-state index contributed by atoms with van der Waals surface area (Å²) in [7, 11) is 0. The third kappa shape index (κ3) is 1.96. The van der Waals surface area contributed by atoms with E-state index in [1.54, 1.807) is 12.3 Å². The van der Waals surface area contributed by atoms with Gasteiger partial charge in [-0.25, -0.2) is 4.39 Å². The van der Waals surface area contributed by atoms with Crippen LogP contribution in [0.2, 0.25) is 0 Å². The molecule has 0 unspecified atom stereocenters. The summed E-state index contributed by atoms with van der Waals surface area (Å²) in [6, 6.07) is 7.48. The maximum Gasteiger partial charge on any atom is 0.124 e. The fraction of sp³-hybridized carbons (Fsp3) is 0.0833. The zero-order valence-corrected chi connectivity index (χ0v) is 8.24. The summed E-state index contributed by atoms with van der Waals surface area (Å²) in [4.78, 5) is 4.09.